The molecule has 1 heterocycles. The van der Waals surface area contributed by atoms with Crippen LogP contribution in [0.2, 0.25) is 0 Å². The topological polar surface area (TPSA) is 15.3 Å². The Balaban J connectivity index is 1.73. The Bertz CT molecular complexity index is 235. The summed E-state index contributed by atoms with van der Waals surface area (Å²) in [5.74, 6) is 2.20. The summed E-state index contributed by atoms with van der Waals surface area (Å²) in [5, 5.41) is 4.52. The molecule has 0 aromatic carbocycles. The van der Waals surface area contributed by atoms with Gasteiger partial charge in [-0.25, -0.2) is 0 Å². The van der Waals surface area contributed by atoms with Gasteiger partial charge in [0.15, 0.2) is 0 Å². The first kappa shape index (κ1) is 14.7. The van der Waals surface area contributed by atoms with E-state index >= 15 is 0 Å². The molecule has 3 atom stereocenters. The third-order valence-corrected chi connectivity index (χ3v) is 5.76. The minimum atomic E-state index is 0.895. The van der Waals surface area contributed by atoms with Gasteiger partial charge in [0.1, 0.15) is 0 Å². The van der Waals surface area contributed by atoms with E-state index in [4.69, 9.17) is 0 Å². The molecule has 1 saturated heterocycles. The molecule has 0 bridgehead atoms. The first-order valence-electron chi connectivity index (χ1n) is 7.91. The predicted molar refractivity (Wildman–Crippen MR) is 82.4 cm³/mol. The standard InChI is InChI=1S/C15H30N2S/c1-3-9-16-11-13-8-10-17(12-13)14-6-5-7-15(14)18-4-2/h13-16H,3-12H2,1-2H3. The Morgan fingerprint density at radius 3 is 2.89 bits per heavy atom. The molecule has 1 saturated carbocycles. The summed E-state index contributed by atoms with van der Waals surface area (Å²) in [4.78, 5) is 2.80. The Labute approximate surface area is 117 Å². The van der Waals surface area contributed by atoms with Gasteiger partial charge >= 0.3 is 0 Å². The van der Waals surface area contributed by atoms with Crippen LogP contribution in [0.1, 0.15) is 46.0 Å². The van der Waals surface area contributed by atoms with Crippen LogP contribution >= 0.6 is 11.8 Å². The molecular formula is C15H30N2S. The van der Waals surface area contributed by atoms with E-state index in [1.807, 2.05) is 0 Å². The Hall–Kier alpha value is 0.270. The van der Waals surface area contributed by atoms with Crippen LogP contribution < -0.4 is 5.32 Å². The van der Waals surface area contributed by atoms with Gasteiger partial charge in [0.25, 0.3) is 0 Å². The van der Waals surface area contributed by atoms with Crippen LogP contribution in [-0.2, 0) is 0 Å². The second-order valence-corrected chi connectivity index (χ2v) is 7.36. The van der Waals surface area contributed by atoms with Crippen LogP contribution in [0.25, 0.3) is 0 Å². The van der Waals surface area contributed by atoms with E-state index in [2.05, 4.69) is 35.8 Å². The lowest BCUT2D eigenvalue weighted by Gasteiger charge is -2.29. The fourth-order valence-electron chi connectivity index (χ4n) is 3.55. The van der Waals surface area contributed by atoms with Gasteiger partial charge in [0.05, 0.1) is 0 Å². The Morgan fingerprint density at radius 1 is 1.22 bits per heavy atom. The maximum Gasteiger partial charge on any atom is 0.0214 e. The van der Waals surface area contributed by atoms with Crippen LogP contribution in [0.15, 0.2) is 0 Å². The molecule has 1 aliphatic heterocycles. The summed E-state index contributed by atoms with van der Waals surface area (Å²) in [6.45, 7) is 9.68. The van der Waals surface area contributed by atoms with Gasteiger partial charge in [-0.3, -0.25) is 4.90 Å². The van der Waals surface area contributed by atoms with E-state index in [0.29, 0.717) is 0 Å². The molecule has 0 aromatic heterocycles. The zero-order valence-electron chi connectivity index (χ0n) is 12.2. The number of thioether (sulfide) groups is 1. The number of nitrogens with zero attached hydrogens (tertiary/aromatic N) is 1. The number of likely N-dealkylation sites (tertiary alicyclic amines) is 1. The first-order valence-corrected chi connectivity index (χ1v) is 8.96. The first-order chi connectivity index (χ1) is 8.85. The van der Waals surface area contributed by atoms with E-state index < -0.39 is 0 Å². The van der Waals surface area contributed by atoms with E-state index in [0.717, 1.165) is 17.2 Å². The normalized spacial score (nSPS) is 33.3. The van der Waals surface area contributed by atoms with Crippen LogP contribution in [0.3, 0.4) is 0 Å². The fourth-order valence-corrected chi connectivity index (χ4v) is 4.84. The average molecular weight is 270 g/mol. The van der Waals surface area contributed by atoms with Crippen LogP contribution in [-0.4, -0.2) is 48.1 Å². The smallest absolute Gasteiger partial charge is 0.0214 e. The zero-order valence-corrected chi connectivity index (χ0v) is 13.0. The summed E-state index contributed by atoms with van der Waals surface area (Å²) in [6.07, 6.45) is 7.04. The molecule has 0 aromatic rings. The molecule has 0 spiro atoms. The van der Waals surface area contributed by atoms with Crippen molar-refractivity contribution >= 4 is 11.8 Å². The molecule has 0 amide bonds. The Kier molecular flexibility index (Phi) is 6.33. The summed E-state index contributed by atoms with van der Waals surface area (Å²) >= 11 is 2.20. The fraction of sp³-hybridized carbons (Fsp3) is 1.00. The van der Waals surface area contributed by atoms with Crippen molar-refractivity contribution < 1.29 is 0 Å². The maximum absolute atomic E-state index is 3.59. The van der Waals surface area contributed by atoms with Gasteiger partial charge in [0.2, 0.25) is 0 Å². The molecule has 3 heteroatoms. The third kappa shape index (κ3) is 3.88. The molecule has 106 valence electrons. The highest BCUT2D eigenvalue weighted by Gasteiger charge is 2.35. The third-order valence-electron chi connectivity index (χ3n) is 4.44. The lowest BCUT2D eigenvalue weighted by molar-refractivity contribution is 0.240. The van der Waals surface area contributed by atoms with Crippen molar-refractivity contribution in [2.24, 2.45) is 5.92 Å². The summed E-state index contributed by atoms with van der Waals surface area (Å²) < 4.78 is 0. The molecule has 2 fully saturated rings. The van der Waals surface area contributed by atoms with Gasteiger partial charge in [0, 0.05) is 17.8 Å². The van der Waals surface area contributed by atoms with Crippen LogP contribution in [0.5, 0.6) is 0 Å². The van der Waals surface area contributed by atoms with E-state index in [-0.39, 0.29) is 0 Å². The number of hydrogen-bond donors (Lipinski definition) is 1. The number of hydrogen-bond acceptors (Lipinski definition) is 3. The van der Waals surface area contributed by atoms with Crippen LogP contribution in [0.4, 0.5) is 0 Å². The van der Waals surface area contributed by atoms with Crippen molar-refractivity contribution in [1.82, 2.24) is 10.2 Å². The average Bonchev–Trinajstić information content (AvgIpc) is 2.98. The van der Waals surface area contributed by atoms with E-state index in [1.54, 1.807) is 0 Å². The maximum atomic E-state index is 3.59. The van der Waals surface area contributed by atoms with Gasteiger partial charge in [-0.1, -0.05) is 20.3 Å². The van der Waals surface area contributed by atoms with E-state index in [1.165, 1.54) is 64.0 Å². The second kappa shape index (κ2) is 7.76. The van der Waals surface area contributed by atoms with Crippen molar-refractivity contribution in [3.8, 4) is 0 Å². The van der Waals surface area contributed by atoms with Gasteiger partial charge in [-0.05, 0) is 57.0 Å². The monoisotopic (exact) mass is 270 g/mol. The van der Waals surface area contributed by atoms with Crippen LogP contribution in [0, 0.1) is 5.92 Å². The second-order valence-electron chi connectivity index (χ2n) is 5.85. The highest BCUT2D eigenvalue weighted by molar-refractivity contribution is 7.99. The molecule has 1 aliphatic carbocycles. The summed E-state index contributed by atoms with van der Waals surface area (Å²) in [5.41, 5.74) is 0. The summed E-state index contributed by atoms with van der Waals surface area (Å²) in [6, 6.07) is 0.895. The molecule has 18 heavy (non-hydrogen) atoms. The van der Waals surface area contributed by atoms with Crippen molar-refractivity contribution in [3.05, 3.63) is 0 Å². The van der Waals surface area contributed by atoms with E-state index in [9.17, 15) is 0 Å². The summed E-state index contributed by atoms with van der Waals surface area (Å²) in [7, 11) is 0. The lowest BCUT2D eigenvalue weighted by atomic mass is 10.1. The molecule has 1 N–H and O–H groups in total. The lowest BCUT2D eigenvalue weighted by Crippen LogP contribution is -2.38. The molecular weight excluding hydrogens is 240 g/mol. The molecule has 2 nitrogen and oxygen atoms in total. The largest absolute Gasteiger partial charge is 0.316 e. The Morgan fingerprint density at radius 2 is 2.11 bits per heavy atom. The number of rotatable bonds is 7. The molecule has 2 rings (SSSR count). The van der Waals surface area contributed by atoms with Gasteiger partial charge < -0.3 is 5.32 Å². The zero-order chi connectivity index (χ0) is 12.8. The molecule has 0 radical (unpaired) electrons. The molecule has 3 unspecified atom stereocenters. The minimum Gasteiger partial charge on any atom is -0.316 e. The van der Waals surface area contributed by atoms with Gasteiger partial charge in [-0.2, -0.15) is 11.8 Å². The minimum absolute atomic E-state index is 0.895. The number of nitrogens with one attached hydrogen (secondary N) is 1. The van der Waals surface area contributed by atoms with Crippen molar-refractivity contribution in [1.29, 1.82) is 0 Å². The molecule has 2 aliphatic rings. The predicted octanol–water partition coefficient (Wildman–Crippen LogP) is 2.98. The van der Waals surface area contributed by atoms with Crippen molar-refractivity contribution in [3.63, 3.8) is 0 Å². The quantitative estimate of drug-likeness (QED) is 0.716. The van der Waals surface area contributed by atoms with Gasteiger partial charge in [-0.15, -0.1) is 0 Å². The SMILES string of the molecule is CCCNCC1CCN(C2CCCC2SCC)C1. The highest BCUT2D eigenvalue weighted by atomic mass is 32.2. The highest BCUT2D eigenvalue weighted by Crippen LogP contribution is 2.35. The van der Waals surface area contributed by atoms with Crippen molar-refractivity contribution in [2.45, 2.75) is 57.2 Å². The van der Waals surface area contributed by atoms with Crippen molar-refractivity contribution in [2.75, 3.05) is 31.9 Å².